The highest BCUT2D eigenvalue weighted by atomic mass is 32.1. The van der Waals surface area contributed by atoms with E-state index in [-0.39, 0.29) is 17.3 Å². The van der Waals surface area contributed by atoms with E-state index in [1.165, 1.54) is 22.3 Å². The lowest BCUT2D eigenvalue weighted by atomic mass is 9.42. The summed E-state index contributed by atoms with van der Waals surface area (Å²) in [5.41, 5.74) is 4.30. The van der Waals surface area contributed by atoms with Crippen LogP contribution in [-0.2, 0) is 16.8 Å². The molecule has 0 radical (unpaired) electrons. The van der Waals surface area contributed by atoms with Crippen LogP contribution in [0.25, 0.3) is 0 Å². The maximum atomic E-state index is 13.0. The van der Waals surface area contributed by atoms with Crippen LogP contribution < -0.4 is 0 Å². The molecule has 2 fully saturated rings. The Morgan fingerprint density at radius 2 is 1.90 bits per heavy atom. The van der Waals surface area contributed by atoms with Crippen LogP contribution in [0.1, 0.15) is 41.0 Å². The summed E-state index contributed by atoms with van der Waals surface area (Å²) in [5.74, 6) is -0.422. The molecule has 1 aliphatic heterocycles. The Morgan fingerprint density at radius 1 is 1.10 bits per heavy atom. The van der Waals surface area contributed by atoms with Gasteiger partial charge in [0.15, 0.2) is 0 Å². The number of carbonyl (C=O) groups is 1. The van der Waals surface area contributed by atoms with E-state index in [0.29, 0.717) is 6.54 Å². The minimum Gasteiger partial charge on any atom is -0.481 e. The van der Waals surface area contributed by atoms with E-state index in [1.54, 1.807) is 11.3 Å². The summed E-state index contributed by atoms with van der Waals surface area (Å²) < 4.78 is 0. The van der Waals surface area contributed by atoms with Crippen LogP contribution in [0.2, 0.25) is 0 Å². The zero-order chi connectivity index (χ0) is 20.3. The van der Waals surface area contributed by atoms with Crippen molar-refractivity contribution in [3.63, 3.8) is 0 Å². The van der Waals surface area contributed by atoms with Crippen molar-refractivity contribution in [2.75, 3.05) is 13.1 Å². The molecular weight excluding hydrogens is 390 g/mol. The lowest BCUT2D eigenvalue weighted by molar-refractivity contribution is -0.157. The fourth-order valence-corrected chi connectivity index (χ4v) is 7.77. The van der Waals surface area contributed by atoms with Crippen LogP contribution in [0, 0.1) is 11.3 Å². The van der Waals surface area contributed by atoms with Gasteiger partial charge in [-0.3, -0.25) is 9.69 Å². The van der Waals surface area contributed by atoms with E-state index < -0.39 is 11.4 Å². The number of hydrogen-bond acceptors (Lipinski definition) is 3. The molecule has 0 spiro atoms. The summed E-state index contributed by atoms with van der Waals surface area (Å²) in [6.45, 7) is 2.28. The van der Waals surface area contributed by atoms with Crippen LogP contribution in [0.3, 0.4) is 0 Å². The van der Waals surface area contributed by atoms with Gasteiger partial charge >= 0.3 is 5.97 Å². The Balaban J connectivity index is 1.53. The molecule has 3 aliphatic carbocycles. The van der Waals surface area contributed by atoms with Gasteiger partial charge < -0.3 is 5.11 Å². The van der Waals surface area contributed by atoms with E-state index in [0.717, 1.165) is 25.9 Å². The van der Waals surface area contributed by atoms with Crippen LogP contribution in [0.15, 0.2) is 71.4 Å². The van der Waals surface area contributed by atoms with Crippen LogP contribution in [0.5, 0.6) is 0 Å². The fourth-order valence-electron chi connectivity index (χ4n) is 7.03. The SMILES string of the molecule is O=C(O)C12CN(Cc3ccccc3)CC1C1(c3ccsc3)CCC2c2ccccc21. The van der Waals surface area contributed by atoms with Gasteiger partial charge in [-0.15, -0.1) is 0 Å². The van der Waals surface area contributed by atoms with E-state index in [9.17, 15) is 9.90 Å². The summed E-state index contributed by atoms with van der Waals surface area (Å²) >= 11 is 1.72. The van der Waals surface area contributed by atoms with Crippen molar-refractivity contribution in [3.8, 4) is 0 Å². The van der Waals surface area contributed by atoms with Gasteiger partial charge in [0.05, 0.1) is 5.41 Å². The molecule has 2 heterocycles. The van der Waals surface area contributed by atoms with Crippen molar-refractivity contribution in [2.24, 2.45) is 11.3 Å². The monoisotopic (exact) mass is 415 g/mol. The third-order valence-corrected chi connectivity index (χ3v) is 8.78. The lowest BCUT2D eigenvalue weighted by Crippen LogP contribution is -2.60. The normalized spacial score (nSPS) is 32.0. The zero-order valence-corrected chi connectivity index (χ0v) is 17.6. The molecule has 4 heteroatoms. The number of aliphatic carboxylic acids is 1. The van der Waals surface area contributed by atoms with E-state index in [1.807, 2.05) is 6.07 Å². The molecule has 3 nitrogen and oxygen atoms in total. The van der Waals surface area contributed by atoms with Crippen LogP contribution in [0.4, 0.5) is 0 Å². The standard InChI is InChI=1S/C26H25NO2S/c28-24(29)26-17-27(14-18-6-2-1-3-7-18)15-23(26)25(19-11-13-30-16-19)12-10-22(26)20-8-4-5-9-21(20)25/h1-9,11,13,16,22-23H,10,12,14-15,17H2,(H,28,29). The average Bonchev–Trinajstić information content (AvgIpc) is 3.44. The first-order valence-electron chi connectivity index (χ1n) is 10.8. The number of benzene rings is 2. The molecule has 152 valence electrons. The summed E-state index contributed by atoms with van der Waals surface area (Å²) in [6, 6.07) is 21.4. The number of hydrogen-bond donors (Lipinski definition) is 1. The van der Waals surface area contributed by atoms with Gasteiger partial charge in [0.25, 0.3) is 0 Å². The van der Waals surface area contributed by atoms with Gasteiger partial charge in [0.2, 0.25) is 0 Å². The van der Waals surface area contributed by atoms with Crippen molar-refractivity contribution in [1.29, 1.82) is 0 Å². The maximum Gasteiger partial charge on any atom is 0.311 e. The Labute approximate surface area is 181 Å². The smallest absolute Gasteiger partial charge is 0.311 e. The molecule has 2 aromatic carbocycles. The number of rotatable bonds is 4. The number of carboxylic acids is 1. The minimum absolute atomic E-state index is 0.0921. The van der Waals surface area contributed by atoms with Gasteiger partial charge in [-0.2, -0.15) is 11.3 Å². The Bertz CT molecular complexity index is 1100. The Morgan fingerprint density at radius 3 is 2.67 bits per heavy atom. The first-order valence-corrected chi connectivity index (χ1v) is 11.7. The molecule has 0 amide bonds. The topological polar surface area (TPSA) is 40.5 Å². The Hall–Kier alpha value is -2.43. The highest BCUT2D eigenvalue weighted by molar-refractivity contribution is 7.08. The quantitative estimate of drug-likeness (QED) is 0.642. The number of likely N-dealkylation sites (tertiary alicyclic amines) is 1. The first kappa shape index (κ1) is 18.3. The molecule has 30 heavy (non-hydrogen) atoms. The predicted octanol–water partition coefficient (Wildman–Crippen LogP) is 5.13. The highest BCUT2D eigenvalue weighted by Crippen LogP contribution is 2.69. The first-order chi connectivity index (χ1) is 14.7. The van der Waals surface area contributed by atoms with Gasteiger partial charge in [0, 0.05) is 36.9 Å². The summed E-state index contributed by atoms with van der Waals surface area (Å²) in [5, 5.41) is 15.1. The number of carboxylic acid groups (broad SMARTS) is 1. The highest BCUT2D eigenvalue weighted by Gasteiger charge is 2.70. The maximum absolute atomic E-state index is 13.0. The van der Waals surface area contributed by atoms with E-state index >= 15 is 0 Å². The molecule has 1 aromatic heterocycles. The number of nitrogens with zero attached hydrogens (tertiary/aromatic N) is 1. The average molecular weight is 416 g/mol. The summed E-state index contributed by atoms with van der Waals surface area (Å²) in [4.78, 5) is 15.4. The van der Waals surface area contributed by atoms with Crippen molar-refractivity contribution in [2.45, 2.75) is 30.7 Å². The molecule has 4 aliphatic rings. The van der Waals surface area contributed by atoms with Crippen LogP contribution >= 0.6 is 11.3 Å². The lowest BCUT2D eigenvalue weighted by Gasteiger charge is -2.59. The molecule has 3 aromatic rings. The molecule has 7 rings (SSSR count). The molecule has 4 atom stereocenters. The third-order valence-electron chi connectivity index (χ3n) is 8.09. The summed E-state index contributed by atoms with van der Waals surface area (Å²) in [6.07, 6.45) is 2.00. The van der Waals surface area contributed by atoms with Crippen molar-refractivity contribution in [3.05, 3.63) is 93.7 Å². The second-order valence-electron chi connectivity index (χ2n) is 9.22. The molecule has 4 unspecified atom stereocenters. The van der Waals surface area contributed by atoms with Gasteiger partial charge in [-0.05, 0) is 51.9 Å². The third kappa shape index (κ3) is 2.26. The second kappa shape index (κ2) is 6.53. The molecule has 1 saturated heterocycles. The fraction of sp³-hybridized carbons (Fsp3) is 0.346. The minimum atomic E-state index is -0.719. The van der Waals surface area contributed by atoms with Crippen molar-refractivity contribution >= 4 is 17.3 Å². The molecule has 2 bridgehead atoms. The molecule has 1 N–H and O–H groups in total. The van der Waals surface area contributed by atoms with Gasteiger partial charge in [0.1, 0.15) is 0 Å². The van der Waals surface area contributed by atoms with Gasteiger partial charge in [-0.1, -0.05) is 54.6 Å². The van der Waals surface area contributed by atoms with Crippen molar-refractivity contribution < 1.29 is 9.90 Å². The van der Waals surface area contributed by atoms with E-state index in [2.05, 4.69) is 70.3 Å². The number of thiophene rings is 1. The van der Waals surface area contributed by atoms with Crippen LogP contribution in [-0.4, -0.2) is 29.1 Å². The Kier molecular flexibility index (Phi) is 4.00. The van der Waals surface area contributed by atoms with Crippen molar-refractivity contribution in [1.82, 2.24) is 4.90 Å². The largest absolute Gasteiger partial charge is 0.481 e. The molecule has 1 saturated carbocycles. The second-order valence-corrected chi connectivity index (χ2v) is 10.00. The zero-order valence-electron chi connectivity index (χ0n) is 16.8. The molecular formula is C26H25NO2S. The number of fused-ring (bicyclic) bond motifs is 1. The summed E-state index contributed by atoms with van der Waals surface area (Å²) in [7, 11) is 0. The predicted molar refractivity (Wildman–Crippen MR) is 119 cm³/mol. The van der Waals surface area contributed by atoms with Gasteiger partial charge in [-0.25, -0.2) is 0 Å². The van der Waals surface area contributed by atoms with E-state index in [4.69, 9.17) is 0 Å².